The lowest BCUT2D eigenvalue weighted by Gasteiger charge is -2.38. The topological polar surface area (TPSA) is 72.0 Å². The molecule has 2 aliphatic rings. The highest BCUT2D eigenvalue weighted by molar-refractivity contribution is 6.31. The van der Waals surface area contributed by atoms with Crippen LogP contribution in [0.15, 0.2) is 77.9 Å². The van der Waals surface area contributed by atoms with Gasteiger partial charge in [0, 0.05) is 22.2 Å². The average molecular weight is 502 g/mol. The number of hydrazone groups is 1. The van der Waals surface area contributed by atoms with Crippen LogP contribution in [0, 0.1) is 5.92 Å². The summed E-state index contributed by atoms with van der Waals surface area (Å²) in [5.74, 6) is 1.40. The molecule has 0 aromatic heterocycles. The second-order valence-electron chi connectivity index (χ2n) is 9.01. The number of carbonyl (C=O) groups is 1. The van der Waals surface area contributed by atoms with Crippen molar-refractivity contribution in [1.82, 2.24) is 5.43 Å². The number of amides is 1. The smallest absolute Gasteiger partial charge is 0.271 e. The van der Waals surface area contributed by atoms with E-state index in [0.717, 1.165) is 34.0 Å². The summed E-state index contributed by atoms with van der Waals surface area (Å²) in [6, 6.07) is 19.5. The largest absolute Gasteiger partial charge is 0.493 e. The third-order valence-electron chi connectivity index (χ3n) is 6.99. The fourth-order valence-corrected chi connectivity index (χ4v) is 5.35. The van der Waals surface area contributed by atoms with Crippen molar-refractivity contribution < 1.29 is 14.3 Å². The Hall–Kier alpha value is -3.77. The summed E-state index contributed by atoms with van der Waals surface area (Å²) in [4.78, 5) is 12.7. The number of halogens is 1. The van der Waals surface area contributed by atoms with Crippen LogP contribution in [0.3, 0.4) is 0 Å². The minimum Gasteiger partial charge on any atom is -0.493 e. The Morgan fingerprint density at radius 1 is 1.00 bits per heavy atom. The van der Waals surface area contributed by atoms with Crippen molar-refractivity contribution in [2.24, 2.45) is 11.0 Å². The molecule has 1 amide bonds. The Labute approximate surface area is 216 Å². The third-order valence-corrected chi connectivity index (χ3v) is 7.34. The van der Waals surface area contributed by atoms with Gasteiger partial charge in [-0.2, -0.15) is 5.10 Å². The second-order valence-corrected chi connectivity index (χ2v) is 9.41. The van der Waals surface area contributed by atoms with Crippen LogP contribution < -0.4 is 20.2 Å². The molecule has 0 saturated carbocycles. The summed E-state index contributed by atoms with van der Waals surface area (Å²) in [5.41, 5.74) is 8.22. The molecular weight excluding hydrogens is 474 g/mol. The average Bonchev–Trinajstić information content (AvgIpc) is 3.41. The zero-order valence-corrected chi connectivity index (χ0v) is 21.2. The van der Waals surface area contributed by atoms with Crippen LogP contribution in [0.2, 0.25) is 5.02 Å². The van der Waals surface area contributed by atoms with Gasteiger partial charge in [-0.3, -0.25) is 4.79 Å². The van der Waals surface area contributed by atoms with Crippen LogP contribution in [0.4, 0.5) is 5.69 Å². The van der Waals surface area contributed by atoms with Gasteiger partial charge in [-0.1, -0.05) is 48.0 Å². The van der Waals surface area contributed by atoms with E-state index >= 15 is 0 Å². The van der Waals surface area contributed by atoms with E-state index in [1.807, 2.05) is 31.2 Å². The molecule has 0 spiro atoms. The molecule has 0 radical (unpaired) electrons. The summed E-state index contributed by atoms with van der Waals surface area (Å²) >= 11 is 6.55. The van der Waals surface area contributed by atoms with Crippen molar-refractivity contribution in [1.29, 1.82) is 0 Å². The SMILES string of the molecule is COc1ccc(C(=O)N/N=C(/C)c2ccc3c(c2)[C@@H]2C=CC[C@@H]2[C@H](c2ccccc2Cl)N3)cc1OC. The lowest BCUT2D eigenvalue weighted by molar-refractivity contribution is 0.0954. The first kappa shape index (κ1) is 23.9. The van der Waals surface area contributed by atoms with Crippen LogP contribution in [-0.2, 0) is 0 Å². The van der Waals surface area contributed by atoms with Crippen molar-refractivity contribution in [2.75, 3.05) is 19.5 Å². The fraction of sp³-hybridized carbons (Fsp3) is 0.241. The highest BCUT2D eigenvalue weighted by atomic mass is 35.5. The number of anilines is 1. The predicted octanol–water partition coefficient (Wildman–Crippen LogP) is 6.34. The first-order valence-corrected chi connectivity index (χ1v) is 12.3. The number of hydrogen-bond donors (Lipinski definition) is 2. The lowest BCUT2D eigenvalue weighted by atomic mass is 9.76. The summed E-state index contributed by atoms with van der Waals surface area (Å²) in [6.07, 6.45) is 5.54. The van der Waals surface area contributed by atoms with E-state index in [1.54, 1.807) is 25.3 Å². The van der Waals surface area contributed by atoms with Crippen molar-refractivity contribution >= 4 is 28.9 Å². The van der Waals surface area contributed by atoms with E-state index in [-0.39, 0.29) is 17.9 Å². The number of allylic oxidation sites excluding steroid dienone is 2. The van der Waals surface area contributed by atoms with E-state index in [2.05, 4.69) is 46.2 Å². The normalized spacial score (nSPS) is 20.2. The maximum absolute atomic E-state index is 12.7. The van der Waals surface area contributed by atoms with E-state index in [1.165, 1.54) is 12.7 Å². The maximum atomic E-state index is 12.7. The van der Waals surface area contributed by atoms with Gasteiger partial charge in [-0.05, 0) is 72.4 Å². The number of nitrogens with zero attached hydrogens (tertiary/aromatic N) is 1. The molecule has 1 heterocycles. The fourth-order valence-electron chi connectivity index (χ4n) is 5.10. The van der Waals surface area contributed by atoms with Crippen LogP contribution in [0.5, 0.6) is 11.5 Å². The zero-order valence-electron chi connectivity index (χ0n) is 20.4. The van der Waals surface area contributed by atoms with Gasteiger partial charge >= 0.3 is 0 Å². The molecule has 0 saturated heterocycles. The molecule has 1 aliphatic carbocycles. The van der Waals surface area contributed by atoms with Gasteiger partial charge in [0.1, 0.15) is 0 Å². The predicted molar refractivity (Wildman–Crippen MR) is 143 cm³/mol. The summed E-state index contributed by atoms with van der Waals surface area (Å²) in [7, 11) is 3.09. The minimum absolute atomic E-state index is 0.146. The number of carbonyl (C=O) groups excluding carboxylic acids is 1. The molecule has 0 bridgehead atoms. The highest BCUT2D eigenvalue weighted by Gasteiger charge is 2.38. The highest BCUT2D eigenvalue weighted by Crippen LogP contribution is 2.50. The standard InChI is InChI=1S/C29H28ClN3O3/c1-17(32-33-29(34)19-12-14-26(35-2)27(16-19)36-3)18-11-13-25-23(15-18)20-8-6-9-21(20)28(31-25)22-7-4-5-10-24(22)30/h4-8,10-16,20-21,28,31H,9H2,1-3H3,(H,33,34)/b32-17-/t20-,21+,28-/m1/s1. The Morgan fingerprint density at radius 3 is 2.56 bits per heavy atom. The molecule has 3 aromatic rings. The number of rotatable bonds is 6. The van der Waals surface area contributed by atoms with Crippen molar-refractivity contribution in [3.05, 3.63) is 100 Å². The third kappa shape index (κ3) is 4.44. The molecule has 3 aromatic carbocycles. The molecule has 6 nitrogen and oxygen atoms in total. The molecule has 36 heavy (non-hydrogen) atoms. The van der Waals surface area contributed by atoms with E-state index in [0.29, 0.717) is 23.0 Å². The van der Waals surface area contributed by atoms with Crippen LogP contribution >= 0.6 is 11.6 Å². The first-order valence-electron chi connectivity index (χ1n) is 11.9. The van der Waals surface area contributed by atoms with Crippen LogP contribution in [-0.4, -0.2) is 25.8 Å². The molecule has 184 valence electrons. The summed E-state index contributed by atoms with van der Waals surface area (Å²) in [6.45, 7) is 1.89. The van der Waals surface area contributed by atoms with Gasteiger partial charge in [0.25, 0.3) is 5.91 Å². The number of hydrogen-bond acceptors (Lipinski definition) is 5. The number of fused-ring (bicyclic) bond motifs is 3. The molecule has 1 aliphatic heterocycles. The molecule has 7 heteroatoms. The van der Waals surface area contributed by atoms with Gasteiger partial charge in [0.15, 0.2) is 11.5 Å². The summed E-state index contributed by atoms with van der Waals surface area (Å²) < 4.78 is 10.5. The minimum atomic E-state index is -0.323. The Balaban J connectivity index is 1.37. The van der Waals surface area contributed by atoms with Crippen molar-refractivity contribution in [2.45, 2.75) is 25.3 Å². The van der Waals surface area contributed by atoms with Gasteiger partial charge in [0.05, 0.1) is 26.0 Å². The number of benzene rings is 3. The molecule has 0 fully saturated rings. The quantitative estimate of drug-likeness (QED) is 0.235. The molecular formula is C29H28ClN3O3. The van der Waals surface area contributed by atoms with Gasteiger partial charge < -0.3 is 14.8 Å². The lowest BCUT2D eigenvalue weighted by Crippen LogP contribution is -2.29. The van der Waals surface area contributed by atoms with E-state index in [4.69, 9.17) is 21.1 Å². The number of ether oxygens (including phenoxy) is 2. The monoisotopic (exact) mass is 501 g/mol. The van der Waals surface area contributed by atoms with Gasteiger partial charge in [0.2, 0.25) is 0 Å². The Morgan fingerprint density at radius 2 is 1.78 bits per heavy atom. The number of nitrogens with one attached hydrogen (secondary N) is 2. The van der Waals surface area contributed by atoms with Crippen LogP contribution in [0.1, 0.15) is 52.4 Å². The Kier molecular flexibility index (Phi) is 6.70. The summed E-state index contributed by atoms with van der Waals surface area (Å²) in [5, 5.41) is 8.88. The van der Waals surface area contributed by atoms with Gasteiger partial charge in [-0.25, -0.2) is 5.43 Å². The molecule has 5 rings (SSSR count). The van der Waals surface area contributed by atoms with Gasteiger partial charge in [-0.15, -0.1) is 0 Å². The van der Waals surface area contributed by atoms with E-state index in [9.17, 15) is 4.79 Å². The zero-order chi connectivity index (χ0) is 25.2. The Bertz CT molecular complexity index is 1370. The van der Waals surface area contributed by atoms with E-state index < -0.39 is 0 Å². The van der Waals surface area contributed by atoms with Crippen LogP contribution in [0.25, 0.3) is 0 Å². The first-order chi connectivity index (χ1) is 17.5. The second kappa shape index (κ2) is 10.1. The molecule has 3 atom stereocenters. The van der Waals surface area contributed by atoms with Crippen molar-refractivity contribution in [3.8, 4) is 11.5 Å². The van der Waals surface area contributed by atoms with Crippen molar-refractivity contribution in [3.63, 3.8) is 0 Å². The number of methoxy groups -OCH3 is 2. The molecule has 0 unspecified atom stereocenters. The maximum Gasteiger partial charge on any atom is 0.271 e. The molecule has 2 N–H and O–H groups in total.